The first-order valence-corrected chi connectivity index (χ1v) is 8.45. The molecule has 2 amide bonds. The van der Waals surface area contributed by atoms with Crippen LogP contribution in [0, 0.1) is 13.8 Å². The number of anilines is 1. The number of aryl methyl sites for hydroxylation is 2. The number of hydrogen-bond donors (Lipinski definition) is 3. The van der Waals surface area contributed by atoms with Gasteiger partial charge >= 0.3 is 0 Å². The summed E-state index contributed by atoms with van der Waals surface area (Å²) in [6.45, 7) is 3.97. The number of rotatable bonds is 7. The van der Waals surface area contributed by atoms with Gasteiger partial charge in [-0.05, 0) is 49.2 Å². The molecule has 0 heterocycles. The Hall–Kier alpha value is -3.35. The monoisotopic (exact) mass is 369 g/mol. The highest BCUT2D eigenvalue weighted by Crippen LogP contribution is 2.27. The number of aromatic hydroxyl groups is 1. The standard InChI is InChI=1S/C20H23N3O4/c1-13-7-8-16(11-14(13)2)22-18(24)9-10-19(25)23-21-12-15-5-4-6-17(27-3)20(15)26/h4-8,11-12,26H,9-10H2,1-3H3,(H,22,24)(H,23,25)/b21-12-. The smallest absolute Gasteiger partial charge is 0.240 e. The molecule has 0 bridgehead atoms. The molecule has 0 fully saturated rings. The summed E-state index contributed by atoms with van der Waals surface area (Å²) in [7, 11) is 1.45. The first-order chi connectivity index (χ1) is 12.9. The SMILES string of the molecule is COc1cccc(/C=N\NC(=O)CCC(=O)Nc2ccc(C)c(C)c2)c1O. The Kier molecular flexibility index (Phi) is 6.93. The molecule has 0 saturated carbocycles. The van der Waals surface area contributed by atoms with Crippen LogP contribution < -0.4 is 15.5 Å². The molecular weight excluding hydrogens is 346 g/mol. The van der Waals surface area contributed by atoms with Crippen molar-refractivity contribution in [2.45, 2.75) is 26.7 Å². The molecule has 0 aromatic heterocycles. The summed E-state index contributed by atoms with van der Waals surface area (Å²) in [5, 5.41) is 16.5. The molecule has 2 rings (SSSR count). The third kappa shape index (κ3) is 5.85. The van der Waals surface area contributed by atoms with E-state index in [2.05, 4.69) is 15.8 Å². The first-order valence-electron chi connectivity index (χ1n) is 8.45. The number of carbonyl (C=O) groups excluding carboxylic acids is 2. The van der Waals surface area contributed by atoms with Crippen LogP contribution >= 0.6 is 0 Å². The number of nitrogens with one attached hydrogen (secondary N) is 2. The highest BCUT2D eigenvalue weighted by atomic mass is 16.5. The van der Waals surface area contributed by atoms with Gasteiger partial charge in [-0.1, -0.05) is 12.1 Å². The van der Waals surface area contributed by atoms with Crippen LogP contribution in [0.25, 0.3) is 0 Å². The van der Waals surface area contributed by atoms with E-state index in [0.29, 0.717) is 17.0 Å². The minimum atomic E-state index is -0.399. The molecule has 142 valence electrons. The molecule has 0 spiro atoms. The third-order valence-corrected chi connectivity index (χ3v) is 4.01. The Balaban J connectivity index is 1.80. The largest absolute Gasteiger partial charge is 0.504 e. The van der Waals surface area contributed by atoms with Crippen LogP contribution in [0.3, 0.4) is 0 Å². The van der Waals surface area contributed by atoms with E-state index in [9.17, 15) is 14.7 Å². The molecule has 0 aliphatic heterocycles. The fraction of sp³-hybridized carbons (Fsp3) is 0.250. The quantitative estimate of drug-likeness (QED) is 0.516. The number of methoxy groups -OCH3 is 1. The molecule has 0 radical (unpaired) electrons. The zero-order valence-corrected chi connectivity index (χ0v) is 15.6. The van der Waals surface area contributed by atoms with E-state index in [0.717, 1.165) is 11.1 Å². The van der Waals surface area contributed by atoms with Gasteiger partial charge in [0.15, 0.2) is 11.5 Å². The molecule has 0 atom stereocenters. The first kappa shape index (κ1) is 20.0. The fourth-order valence-corrected chi connectivity index (χ4v) is 2.31. The van der Waals surface area contributed by atoms with Crippen LogP contribution in [0.1, 0.15) is 29.5 Å². The Morgan fingerprint density at radius 3 is 2.56 bits per heavy atom. The van der Waals surface area contributed by atoms with Gasteiger partial charge in [-0.2, -0.15) is 5.10 Å². The number of amides is 2. The Morgan fingerprint density at radius 1 is 1.11 bits per heavy atom. The predicted octanol–water partition coefficient (Wildman–Crippen LogP) is 2.89. The van der Waals surface area contributed by atoms with E-state index in [4.69, 9.17) is 4.74 Å². The van der Waals surface area contributed by atoms with Crippen molar-refractivity contribution in [3.05, 3.63) is 53.1 Å². The molecule has 0 aliphatic carbocycles. The van der Waals surface area contributed by atoms with E-state index in [1.165, 1.54) is 13.3 Å². The van der Waals surface area contributed by atoms with Crippen molar-refractivity contribution < 1.29 is 19.4 Å². The number of phenolic OH excluding ortho intramolecular Hbond substituents is 1. The average Bonchev–Trinajstić information content (AvgIpc) is 2.64. The second-order valence-electron chi connectivity index (χ2n) is 6.04. The third-order valence-electron chi connectivity index (χ3n) is 4.01. The van der Waals surface area contributed by atoms with Gasteiger partial charge in [-0.15, -0.1) is 0 Å². The molecule has 7 nitrogen and oxygen atoms in total. The molecule has 2 aromatic carbocycles. The summed E-state index contributed by atoms with van der Waals surface area (Å²) in [4.78, 5) is 23.8. The van der Waals surface area contributed by atoms with Gasteiger partial charge in [0.1, 0.15) is 0 Å². The van der Waals surface area contributed by atoms with Crippen LogP contribution in [0.15, 0.2) is 41.5 Å². The Bertz CT molecular complexity index is 862. The van der Waals surface area contributed by atoms with Gasteiger partial charge in [0.2, 0.25) is 11.8 Å². The topological polar surface area (TPSA) is 100 Å². The second-order valence-corrected chi connectivity index (χ2v) is 6.04. The number of nitrogens with zero attached hydrogens (tertiary/aromatic N) is 1. The maximum atomic E-state index is 11.9. The second kappa shape index (κ2) is 9.38. The molecule has 0 saturated heterocycles. The van der Waals surface area contributed by atoms with Gasteiger partial charge in [0.25, 0.3) is 0 Å². The number of hydrogen-bond acceptors (Lipinski definition) is 5. The van der Waals surface area contributed by atoms with Gasteiger partial charge in [0, 0.05) is 24.1 Å². The van der Waals surface area contributed by atoms with Crippen LogP contribution in [0.4, 0.5) is 5.69 Å². The van der Waals surface area contributed by atoms with Crippen molar-refractivity contribution in [3.63, 3.8) is 0 Å². The van der Waals surface area contributed by atoms with E-state index >= 15 is 0 Å². The molecule has 0 aliphatic rings. The van der Waals surface area contributed by atoms with Crippen molar-refractivity contribution in [1.29, 1.82) is 0 Å². The van der Waals surface area contributed by atoms with Gasteiger partial charge in [-0.3, -0.25) is 9.59 Å². The van der Waals surface area contributed by atoms with E-state index in [1.54, 1.807) is 18.2 Å². The van der Waals surface area contributed by atoms with Crippen LogP contribution in [0.2, 0.25) is 0 Å². The minimum absolute atomic E-state index is 0.00188. The van der Waals surface area contributed by atoms with Crippen LogP contribution in [-0.4, -0.2) is 30.2 Å². The number of hydrazone groups is 1. The van der Waals surface area contributed by atoms with Crippen molar-refractivity contribution in [1.82, 2.24) is 5.43 Å². The zero-order valence-electron chi connectivity index (χ0n) is 15.6. The summed E-state index contributed by atoms with van der Waals surface area (Å²) < 4.78 is 5.00. The number of ether oxygens (including phenoxy) is 1. The summed E-state index contributed by atoms with van der Waals surface area (Å²) in [5.41, 5.74) is 5.67. The highest BCUT2D eigenvalue weighted by molar-refractivity contribution is 5.93. The molecule has 2 aromatic rings. The average molecular weight is 369 g/mol. The lowest BCUT2D eigenvalue weighted by Crippen LogP contribution is -2.20. The van der Waals surface area contributed by atoms with Crippen molar-refractivity contribution in [2.24, 2.45) is 5.10 Å². The van der Waals surface area contributed by atoms with Crippen molar-refractivity contribution >= 4 is 23.7 Å². The van der Waals surface area contributed by atoms with Gasteiger partial charge in [-0.25, -0.2) is 5.43 Å². The Morgan fingerprint density at radius 2 is 1.85 bits per heavy atom. The van der Waals surface area contributed by atoms with E-state index in [-0.39, 0.29) is 24.5 Å². The fourth-order valence-electron chi connectivity index (χ4n) is 2.31. The number of para-hydroxylation sites is 1. The molecular formula is C20H23N3O4. The normalized spacial score (nSPS) is 10.6. The van der Waals surface area contributed by atoms with Crippen LogP contribution in [-0.2, 0) is 9.59 Å². The maximum Gasteiger partial charge on any atom is 0.240 e. The summed E-state index contributed by atoms with van der Waals surface area (Å²) in [6, 6.07) is 10.6. The molecule has 7 heteroatoms. The minimum Gasteiger partial charge on any atom is -0.504 e. The zero-order chi connectivity index (χ0) is 19.8. The van der Waals surface area contributed by atoms with Gasteiger partial charge < -0.3 is 15.2 Å². The lowest BCUT2D eigenvalue weighted by atomic mass is 10.1. The van der Waals surface area contributed by atoms with E-state index in [1.807, 2.05) is 32.0 Å². The Labute approximate surface area is 158 Å². The van der Waals surface area contributed by atoms with Gasteiger partial charge in [0.05, 0.1) is 13.3 Å². The summed E-state index contributed by atoms with van der Waals surface area (Å²) >= 11 is 0. The van der Waals surface area contributed by atoms with E-state index < -0.39 is 5.91 Å². The lowest BCUT2D eigenvalue weighted by molar-refractivity contribution is -0.124. The number of benzene rings is 2. The summed E-state index contributed by atoms with van der Waals surface area (Å²) in [6.07, 6.45) is 1.35. The number of carbonyl (C=O) groups is 2. The molecule has 27 heavy (non-hydrogen) atoms. The predicted molar refractivity (Wildman–Crippen MR) is 104 cm³/mol. The highest BCUT2D eigenvalue weighted by Gasteiger charge is 2.08. The lowest BCUT2D eigenvalue weighted by Gasteiger charge is -2.07. The molecule has 3 N–H and O–H groups in total. The number of phenols is 1. The van der Waals surface area contributed by atoms with Crippen LogP contribution in [0.5, 0.6) is 11.5 Å². The molecule has 0 unspecified atom stereocenters. The summed E-state index contributed by atoms with van der Waals surface area (Å²) in [5.74, 6) is -0.397. The van der Waals surface area contributed by atoms with Crippen molar-refractivity contribution in [3.8, 4) is 11.5 Å². The van der Waals surface area contributed by atoms with Crippen molar-refractivity contribution in [2.75, 3.05) is 12.4 Å². The maximum absolute atomic E-state index is 11.9.